The second-order valence-corrected chi connectivity index (χ2v) is 6.19. The van der Waals surface area contributed by atoms with Crippen LogP contribution >= 0.6 is 11.3 Å². The predicted octanol–water partition coefficient (Wildman–Crippen LogP) is 3.95. The highest BCUT2D eigenvalue weighted by atomic mass is 32.1. The van der Waals surface area contributed by atoms with Gasteiger partial charge >= 0.3 is 0 Å². The maximum absolute atomic E-state index is 8.86. The molecule has 0 amide bonds. The summed E-state index contributed by atoms with van der Waals surface area (Å²) in [6, 6.07) is 4.38. The summed E-state index contributed by atoms with van der Waals surface area (Å²) < 4.78 is 0. The second kappa shape index (κ2) is 11.4. The maximum Gasteiger partial charge on any atom is 0.0431 e. The lowest BCUT2D eigenvalue weighted by atomic mass is 10.2. The van der Waals surface area contributed by atoms with Crippen LogP contribution in [0.2, 0.25) is 0 Å². The largest absolute Gasteiger partial charge is 0.396 e. The van der Waals surface area contributed by atoms with E-state index in [2.05, 4.69) is 29.3 Å². The van der Waals surface area contributed by atoms with Crippen LogP contribution in [0.5, 0.6) is 0 Å². The quantitative estimate of drug-likeness (QED) is 0.587. The van der Waals surface area contributed by atoms with E-state index in [1.807, 2.05) is 11.3 Å². The van der Waals surface area contributed by atoms with Crippen molar-refractivity contribution in [2.45, 2.75) is 51.9 Å². The minimum atomic E-state index is 0.333. The SMILES string of the molecule is CCCCN(CCCCO)CCCCc1cccs1. The van der Waals surface area contributed by atoms with Gasteiger partial charge in [0.15, 0.2) is 0 Å². The van der Waals surface area contributed by atoms with Crippen molar-refractivity contribution in [3.63, 3.8) is 0 Å². The third kappa shape index (κ3) is 8.40. The van der Waals surface area contributed by atoms with Gasteiger partial charge in [-0.2, -0.15) is 0 Å². The molecule has 0 fully saturated rings. The van der Waals surface area contributed by atoms with Gasteiger partial charge in [-0.1, -0.05) is 19.4 Å². The summed E-state index contributed by atoms with van der Waals surface area (Å²) in [6.07, 6.45) is 8.46. The summed E-state index contributed by atoms with van der Waals surface area (Å²) >= 11 is 1.87. The molecule has 0 aliphatic rings. The molecule has 19 heavy (non-hydrogen) atoms. The number of rotatable bonds is 12. The van der Waals surface area contributed by atoms with Crippen LogP contribution in [0.1, 0.15) is 50.3 Å². The van der Waals surface area contributed by atoms with E-state index < -0.39 is 0 Å². The van der Waals surface area contributed by atoms with Crippen LogP contribution in [0.4, 0.5) is 0 Å². The van der Waals surface area contributed by atoms with Crippen molar-refractivity contribution >= 4 is 11.3 Å². The summed E-state index contributed by atoms with van der Waals surface area (Å²) in [6.45, 7) is 6.18. The normalized spacial score (nSPS) is 11.3. The van der Waals surface area contributed by atoms with Crippen molar-refractivity contribution in [3.05, 3.63) is 22.4 Å². The van der Waals surface area contributed by atoms with Gasteiger partial charge in [0.05, 0.1) is 0 Å². The molecule has 0 aliphatic heterocycles. The van der Waals surface area contributed by atoms with E-state index in [1.54, 1.807) is 0 Å². The Kier molecular flexibility index (Phi) is 10.0. The van der Waals surface area contributed by atoms with E-state index in [9.17, 15) is 0 Å². The number of unbranched alkanes of at least 4 members (excludes halogenated alkanes) is 3. The van der Waals surface area contributed by atoms with Gasteiger partial charge in [-0.25, -0.2) is 0 Å². The average Bonchev–Trinajstić information content (AvgIpc) is 2.93. The molecule has 0 saturated heterocycles. The number of aliphatic hydroxyl groups excluding tert-OH is 1. The zero-order valence-corrected chi connectivity index (χ0v) is 13.1. The van der Waals surface area contributed by atoms with Crippen LogP contribution in [0.25, 0.3) is 0 Å². The summed E-state index contributed by atoms with van der Waals surface area (Å²) in [7, 11) is 0. The first-order valence-electron chi connectivity index (χ1n) is 7.72. The predicted molar refractivity (Wildman–Crippen MR) is 84.9 cm³/mol. The van der Waals surface area contributed by atoms with Gasteiger partial charge in [0.2, 0.25) is 0 Å². The van der Waals surface area contributed by atoms with Crippen LogP contribution in [0.15, 0.2) is 17.5 Å². The highest BCUT2D eigenvalue weighted by Gasteiger charge is 2.04. The minimum Gasteiger partial charge on any atom is -0.396 e. The summed E-state index contributed by atoms with van der Waals surface area (Å²) in [5, 5.41) is 11.0. The monoisotopic (exact) mass is 283 g/mol. The topological polar surface area (TPSA) is 23.5 Å². The fourth-order valence-corrected chi connectivity index (χ4v) is 3.01. The Hall–Kier alpha value is -0.380. The van der Waals surface area contributed by atoms with E-state index in [1.165, 1.54) is 50.1 Å². The molecule has 1 N–H and O–H groups in total. The number of hydrogen-bond acceptors (Lipinski definition) is 3. The fraction of sp³-hybridized carbons (Fsp3) is 0.750. The molecule has 1 aromatic heterocycles. The van der Waals surface area contributed by atoms with Gasteiger partial charge in [0.1, 0.15) is 0 Å². The lowest BCUT2D eigenvalue weighted by molar-refractivity contribution is 0.236. The highest BCUT2D eigenvalue weighted by Crippen LogP contribution is 2.12. The Morgan fingerprint density at radius 1 is 1.05 bits per heavy atom. The molecule has 2 nitrogen and oxygen atoms in total. The van der Waals surface area contributed by atoms with Crippen molar-refractivity contribution in [3.8, 4) is 0 Å². The second-order valence-electron chi connectivity index (χ2n) is 5.16. The lowest BCUT2D eigenvalue weighted by Gasteiger charge is -2.21. The lowest BCUT2D eigenvalue weighted by Crippen LogP contribution is -2.27. The Labute approximate surface area is 122 Å². The zero-order valence-electron chi connectivity index (χ0n) is 12.3. The van der Waals surface area contributed by atoms with Gasteiger partial charge < -0.3 is 10.0 Å². The number of nitrogens with zero attached hydrogens (tertiary/aromatic N) is 1. The fourth-order valence-electron chi connectivity index (χ4n) is 2.25. The van der Waals surface area contributed by atoms with Crippen LogP contribution in [0.3, 0.4) is 0 Å². The van der Waals surface area contributed by atoms with Crippen molar-refractivity contribution in [1.29, 1.82) is 0 Å². The van der Waals surface area contributed by atoms with Crippen molar-refractivity contribution in [1.82, 2.24) is 4.90 Å². The molecular weight excluding hydrogens is 254 g/mol. The molecule has 1 heterocycles. The molecule has 0 aliphatic carbocycles. The molecule has 110 valence electrons. The minimum absolute atomic E-state index is 0.333. The van der Waals surface area contributed by atoms with Crippen molar-refractivity contribution in [2.24, 2.45) is 0 Å². The molecule has 0 atom stereocenters. The molecule has 0 spiro atoms. The number of aryl methyl sites for hydroxylation is 1. The Morgan fingerprint density at radius 3 is 2.42 bits per heavy atom. The van der Waals surface area contributed by atoms with Gasteiger partial charge in [-0.3, -0.25) is 0 Å². The first-order valence-corrected chi connectivity index (χ1v) is 8.60. The maximum atomic E-state index is 8.86. The molecule has 0 saturated carbocycles. The third-order valence-electron chi connectivity index (χ3n) is 3.44. The molecular formula is C16H29NOS. The van der Waals surface area contributed by atoms with Gasteiger partial charge in [0.25, 0.3) is 0 Å². The molecule has 1 rings (SSSR count). The molecule has 0 unspecified atom stereocenters. The summed E-state index contributed by atoms with van der Waals surface area (Å²) in [4.78, 5) is 4.09. The third-order valence-corrected chi connectivity index (χ3v) is 4.37. The molecule has 3 heteroatoms. The van der Waals surface area contributed by atoms with E-state index in [0.717, 1.165) is 19.4 Å². The Balaban J connectivity index is 2.11. The van der Waals surface area contributed by atoms with Gasteiger partial charge in [-0.15, -0.1) is 11.3 Å². The van der Waals surface area contributed by atoms with E-state index in [4.69, 9.17) is 5.11 Å². The number of hydrogen-bond donors (Lipinski definition) is 1. The molecule has 0 bridgehead atoms. The molecule has 0 radical (unpaired) electrons. The van der Waals surface area contributed by atoms with Crippen LogP contribution in [0, 0.1) is 0 Å². The smallest absolute Gasteiger partial charge is 0.0431 e. The Bertz CT molecular complexity index is 287. The first kappa shape index (κ1) is 16.7. The van der Waals surface area contributed by atoms with Crippen LogP contribution < -0.4 is 0 Å². The van der Waals surface area contributed by atoms with Crippen molar-refractivity contribution in [2.75, 3.05) is 26.2 Å². The van der Waals surface area contributed by atoms with E-state index >= 15 is 0 Å². The summed E-state index contributed by atoms with van der Waals surface area (Å²) in [5.41, 5.74) is 0. The number of aliphatic hydroxyl groups is 1. The standard InChI is InChI=1S/C16H29NOS/c1-2-3-11-17(13-6-7-14-18)12-5-4-9-16-10-8-15-19-16/h8,10,15,18H,2-7,9,11-14H2,1H3. The molecule has 0 aromatic carbocycles. The Morgan fingerprint density at radius 2 is 1.79 bits per heavy atom. The summed E-state index contributed by atoms with van der Waals surface area (Å²) in [5.74, 6) is 0. The average molecular weight is 283 g/mol. The van der Waals surface area contributed by atoms with Gasteiger partial charge in [0, 0.05) is 11.5 Å². The number of thiophene rings is 1. The van der Waals surface area contributed by atoms with Gasteiger partial charge in [-0.05, 0) is 69.6 Å². The highest BCUT2D eigenvalue weighted by molar-refractivity contribution is 7.09. The van der Waals surface area contributed by atoms with Crippen LogP contribution in [-0.2, 0) is 6.42 Å². The van der Waals surface area contributed by atoms with E-state index in [-0.39, 0.29) is 0 Å². The van der Waals surface area contributed by atoms with Crippen molar-refractivity contribution < 1.29 is 5.11 Å². The zero-order chi connectivity index (χ0) is 13.8. The van der Waals surface area contributed by atoms with E-state index in [0.29, 0.717) is 6.61 Å². The van der Waals surface area contributed by atoms with Crippen LogP contribution in [-0.4, -0.2) is 36.2 Å². The molecule has 1 aromatic rings. The first-order chi connectivity index (χ1) is 9.36.